The van der Waals surface area contributed by atoms with Crippen molar-refractivity contribution in [3.05, 3.63) is 34.4 Å². The van der Waals surface area contributed by atoms with E-state index in [2.05, 4.69) is 10.6 Å². The summed E-state index contributed by atoms with van der Waals surface area (Å²) in [6, 6.07) is 5.32. The topological polar surface area (TPSA) is 93.5 Å². The molecule has 1 aromatic rings. The minimum atomic E-state index is -0.516. The molecule has 0 aliphatic heterocycles. The molecular weight excluding hydrogens is 238 g/mol. The SMILES string of the molecule is CCOCCNC(=O)Nc1cccc([N+](=O)[O-])c1. The van der Waals surface area contributed by atoms with Gasteiger partial charge in [0.25, 0.3) is 5.69 Å². The van der Waals surface area contributed by atoms with Crippen molar-refractivity contribution >= 4 is 17.4 Å². The molecule has 98 valence electrons. The molecule has 0 bridgehead atoms. The maximum atomic E-state index is 11.4. The molecule has 0 radical (unpaired) electrons. The van der Waals surface area contributed by atoms with E-state index >= 15 is 0 Å². The standard InChI is InChI=1S/C11H15N3O4/c1-2-18-7-6-12-11(15)13-9-4-3-5-10(8-9)14(16)17/h3-5,8H,2,6-7H2,1H3,(H2,12,13,15). The highest BCUT2D eigenvalue weighted by Gasteiger charge is 2.07. The highest BCUT2D eigenvalue weighted by molar-refractivity contribution is 5.89. The van der Waals surface area contributed by atoms with Gasteiger partial charge in [0, 0.05) is 31.0 Å². The fourth-order valence-electron chi connectivity index (χ4n) is 1.25. The summed E-state index contributed by atoms with van der Waals surface area (Å²) in [7, 11) is 0. The first-order valence-electron chi connectivity index (χ1n) is 5.50. The van der Waals surface area contributed by atoms with Crippen molar-refractivity contribution in [2.45, 2.75) is 6.92 Å². The summed E-state index contributed by atoms with van der Waals surface area (Å²) in [5.74, 6) is 0. The zero-order valence-corrected chi connectivity index (χ0v) is 10.0. The highest BCUT2D eigenvalue weighted by Crippen LogP contribution is 2.16. The first kappa shape index (κ1) is 13.9. The number of nitrogens with zero attached hydrogens (tertiary/aromatic N) is 1. The van der Waals surface area contributed by atoms with Crippen LogP contribution in [0, 0.1) is 10.1 Å². The van der Waals surface area contributed by atoms with Crippen LogP contribution in [0.5, 0.6) is 0 Å². The van der Waals surface area contributed by atoms with Gasteiger partial charge in [-0.2, -0.15) is 0 Å². The number of rotatable bonds is 6. The Balaban J connectivity index is 2.44. The zero-order valence-electron chi connectivity index (χ0n) is 10.0. The minimum Gasteiger partial charge on any atom is -0.380 e. The lowest BCUT2D eigenvalue weighted by Gasteiger charge is -2.07. The van der Waals surface area contributed by atoms with Gasteiger partial charge in [-0.1, -0.05) is 6.07 Å². The van der Waals surface area contributed by atoms with Gasteiger partial charge in [-0.3, -0.25) is 10.1 Å². The quantitative estimate of drug-likeness (QED) is 0.459. The van der Waals surface area contributed by atoms with Crippen LogP contribution in [0.4, 0.5) is 16.2 Å². The summed E-state index contributed by atoms with van der Waals surface area (Å²) in [6.45, 7) is 3.27. The number of carbonyl (C=O) groups is 1. The third kappa shape index (κ3) is 4.79. The van der Waals surface area contributed by atoms with E-state index in [0.717, 1.165) is 0 Å². The molecule has 1 rings (SSSR count). The first-order valence-corrected chi connectivity index (χ1v) is 5.50. The molecule has 0 fully saturated rings. The van der Waals surface area contributed by atoms with Crippen molar-refractivity contribution < 1.29 is 14.5 Å². The Morgan fingerprint density at radius 2 is 2.28 bits per heavy atom. The lowest BCUT2D eigenvalue weighted by molar-refractivity contribution is -0.384. The van der Waals surface area contributed by atoms with Gasteiger partial charge in [0.2, 0.25) is 0 Å². The Morgan fingerprint density at radius 3 is 2.94 bits per heavy atom. The lowest BCUT2D eigenvalue weighted by atomic mass is 10.3. The van der Waals surface area contributed by atoms with Gasteiger partial charge < -0.3 is 15.4 Å². The molecule has 0 aromatic heterocycles. The van der Waals surface area contributed by atoms with Gasteiger partial charge in [-0.05, 0) is 13.0 Å². The summed E-state index contributed by atoms with van der Waals surface area (Å²) in [6.07, 6.45) is 0. The van der Waals surface area contributed by atoms with Gasteiger partial charge in [-0.15, -0.1) is 0 Å². The number of nitro groups is 1. The van der Waals surface area contributed by atoms with E-state index in [1.54, 1.807) is 6.07 Å². The Hall–Kier alpha value is -2.15. The highest BCUT2D eigenvalue weighted by atomic mass is 16.6. The van der Waals surface area contributed by atoms with Crippen LogP contribution < -0.4 is 10.6 Å². The number of urea groups is 1. The van der Waals surface area contributed by atoms with E-state index in [4.69, 9.17) is 4.74 Å². The van der Waals surface area contributed by atoms with Gasteiger partial charge in [0.05, 0.1) is 11.5 Å². The average molecular weight is 253 g/mol. The monoisotopic (exact) mass is 253 g/mol. The summed E-state index contributed by atoms with van der Waals surface area (Å²) >= 11 is 0. The number of hydrogen-bond acceptors (Lipinski definition) is 4. The fraction of sp³-hybridized carbons (Fsp3) is 0.364. The van der Waals surface area contributed by atoms with Crippen LogP contribution in [0.1, 0.15) is 6.92 Å². The number of non-ortho nitro benzene ring substituents is 1. The normalized spacial score (nSPS) is 9.83. The van der Waals surface area contributed by atoms with E-state index in [-0.39, 0.29) is 5.69 Å². The van der Waals surface area contributed by atoms with E-state index in [9.17, 15) is 14.9 Å². The third-order valence-electron chi connectivity index (χ3n) is 2.05. The van der Waals surface area contributed by atoms with Crippen LogP contribution in [0.25, 0.3) is 0 Å². The molecule has 0 aliphatic carbocycles. The van der Waals surface area contributed by atoms with E-state index in [1.165, 1.54) is 18.2 Å². The van der Waals surface area contributed by atoms with Gasteiger partial charge in [0.1, 0.15) is 0 Å². The van der Waals surface area contributed by atoms with Crippen LogP contribution in [-0.4, -0.2) is 30.7 Å². The first-order chi connectivity index (χ1) is 8.63. The van der Waals surface area contributed by atoms with Crippen LogP contribution in [0.2, 0.25) is 0 Å². The minimum absolute atomic E-state index is 0.0675. The second kappa shape index (κ2) is 7.23. The van der Waals surface area contributed by atoms with E-state index in [1.807, 2.05) is 6.92 Å². The van der Waals surface area contributed by atoms with E-state index in [0.29, 0.717) is 25.4 Å². The molecule has 7 heteroatoms. The Bertz CT molecular complexity index is 423. The summed E-state index contributed by atoms with van der Waals surface area (Å²) in [4.78, 5) is 21.4. The average Bonchev–Trinajstić information content (AvgIpc) is 2.35. The van der Waals surface area contributed by atoms with Crippen molar-refractivity contribution in [3.8, 4) is 0 Å². The number of ether oxygens (including phenoxy) is 1. The van der Waals surface area contributed by atoms with Crippen molar-refractivity contribution in [1.82, 2.24) is 5.32 Å². The van der Waals surface area contributed by atoms with Crippen molar-refractivity contribution in [2.24, 2.45) is 0 Å². The number of benzene rings is 1. The Morgan fingerprint density at radius 1 is 1.50 bits per heavy atom. The molecule has 0 unspecified atom stereocenters. The summed E-state index contributed by atoms with van der Waals surface area (Å²) in [5.41, 5.74) is 0.306. The zero-order chi connectivity index (χ0) is 13.4. The molecule has 0 aliphatic rings. The molecule has 0 spiro atoms. The molecule has 0 atom stereocenters. The van der Waals surface area contributed by atoms with Crippen LogP contribution in [-0.2, 0) is 4.74 Å². The summed E-state index contributed by atoms with van der Waals surface area (Å²) < 4.78 is 5.05. The Kier molecular flexibility index (Phi) is 5.59. The predicted molar refractivity (Wildman–Crippen MR) is 66.6 cm³/mol. The smallest absolute Gasteiger partial charge is 0.319 e. The molecule has 1 aromatic carbocycles. The number of nitrogens with one attached hydrogen (secondary N) is 2. The molecular formula is C11H15N3O4. The van der Waals surface area contributed by atoms with Gasteiger partial charge in [0.15, 0.2) is 0 Å². The van der Waals surface area contributed by atoms with Crippen LogP contribution >= 0.6 is 0 Å². The van der Waals surface area contributed by atoms with Gasteiger partial charge >= 0.3 is 6.03 Å². The van der Waals surface area contributed by atoms with Crippen LogP contribution in [0.15, 0.2) is 24.3 Å². The number of hydrogen-bond donors (Lipinski definition) is 2. The predicted octanol–water partition coefficient (Wildman–Crippen LogP) is 1.75. The molecule has 7 nitrogen and oxygen atoms in total. The molecule has 0 heterocycles. The van der Waals surface area contributed by atoms with Crippen molar-refractivity contribution in [2.75, 3.05) is 25.1 Å². The molecule has 0 saturated carbocycles. The fourth-order valence-corrected chi connectivity index (χ4v) is 1.25. The number of anilines is 1. The Labute approximate surface area is 104 Å². The molecule has 2 N–H and O–H groups in total. The van der Waals surface area contributed by atoms with Crippen molar-refractivity contribution in [1.29, 1.82) is 0 Å². The maximum Gasteiger partial charge on any atom is 0.319 e. The van der Waals surface area contributed by atoms with E-state index < -0.39 is 11.0 Å². The second-order valence-electron chi connectivity index (χ2n) is 3.39. The third-order valence-corrected chi connectivity index (χ3v) is 2.05. The number of amides is 2. The maximum absolute atomic E-state index is 11.4. The van der Waals surface area contributed by atoms with Gasteiger partial charge in [-0.25, -0.2) is 4.79 Å². The molecule has 18 heavy (non-hydrogen) atoms. The van der Waals surface area contributed by atoms with Crippen molar-refractivity contribution in [3.63, 3.8) is 0 Å². The molecule has 2 amide bonds. The lowest BCUT2D eigenvalue weighted by Crippen LogP contribution is -2.31. The second-order valence-corrected chi connectivity index (χ2v) is 3.39. The number of nitro benzene ring substituents is 1. The summed E-state index contributed by atoms with van der Waals surface area (Å²) in [5, 5.41) is 15.6. The number of carbonyl (C=O) groups excluding carboxylic acids is 1. The largest absolute Gasteiger partial charge is 0.380 e. The molecule has 0 saturated heterocycles. The van der Waals surface area contributed by atoms with Crippen LogP contribution in [0.3, 0.4) is 0 Å².